The Balaban J connectivity index is 1.91. The lowest BCUT2D eigenvalue weighted by atomic mass is 10.1. The van der Waals surface area contributed by atoms with Gasteiger partial charge in [-0.1, -0.05) is 35.6 Å². The van der Waals surface area contributed by atoms with Crippen LogP contribution in [0, 0.1) is 11.3 Å². The molecule has 0 amide bonds. The van der Waals surface area contributed by atoms with E-state index in [2.05, 4.69) is 20.4 Å². The molecule has 0 aliphatic rings. The van der Waals surface area contributed by atoms with E-state index in [4.69, 9.17) is 5.26 Å². The van der Waals surface area contributed by atoms with Gasteiger partial charge in [0.15, 0.2) is 5.69 Å². The molecule has 1 aromatic carbocycles. The molecule has 3 rings (SSSR count). The average molecular weight is 273 g/mol. The van der Waals surface area contributed by atoms with Crippen LogP contribution in [0.3, 0.4) is 0 Å². The number of hydrogen-bond acceptors (Lipinski definition) is 4. The van der Waals surface area contributed by atoms with Crippen molar-refractivity contribution in [3.63, 3.8) is 0 Å². The Hall–Kier alpha value is -3.26. The van der Waals surface area contributed by atoms with Crippen molar-refractivity contribution in [2.75, 3.05) is 0 Å². The minimum Gasteiger partial charge on any atom is -0.257 e. The molecule has 0 aliphatic heterocycles. The number of aromatic amines is 1. The highest BCUT2D eigenvalue weighted by Gasteiger charge is 2.08. The van der Waals surface area contributed by atoms with Crippen LogP contribution in [-0.4, -0.2) is 20.4 Å². The highest BCUT2D eigenvalue weighted by molar-refractivity contribution is 5.72. The molecule has 0 bridgehead atoms. The van der Waals surface area contributed by atoms with Crippen LogP contribution < -0.4 is 0 Å². The number of H-pyrrole nitrogens is 1. The van der Waals surface area contributed by atoms with E-state index in [1.54, 1.807) is 6.20 Å². The first kappa shape index (κ1) is 12.8. The molecular formula is C16H11N5. The molecule has 0 spiro atoms. The highest BCUT2D eigenvalue weighted by Crippen LogP contribution is 2.21. The molecule has 0 aliphatic carbocycles. The molecule has 0 radical (unpaired) electrons. The normalized spacial score (nSPS) is 10.6. The molecule has 0 atom stereocenters. The Morgan fingerprint density at radius 1 is 1.10 bits per heavy atom. The van der Waals surface area contributed by atoms with Crippen LogP contribution in [-0.2, 0) is 0 Å². The van der Waals surface area contributed by atoms with Gasteiger partial charge >= 0.3 is 0 Å². The predicted molar refractivity (Wildman–Crippen MR) is 79.7 cm³/mol. The first-order chi connectivity index (χ1) is 10.4. The summed E-state index contributed by atoms with van der Waals surface area (Å²) in [4.78, 5) is 4.24. The third-order valence-corrected chi connectivity index (χ3v) is 2.95. The monoisotopic (exact) mass is 273 g/mol. The van der Waals surface area contributed by atoms with Gasteiger partial charge in [-0.25, -0.2) is 5.10 Å². The maximum absolute atomic E-state index is 9.01. The van der Waals surface area contributed by atoms with Crippen LogP contribution in [0.15, 0.2) is 48.7 Å². The molecule has 3 aromatic rings. The van der Waals surface area contributed by atoms with Crippen molar-refractivity contribution < 1.29 is 0 Å². The molecule has 0 saturated heterocycles. The zero-order valence-electron chi connectivity index (χ0n) is 11.1. The van der Waals surface area contributed by atoms with Crippen molar-refractivity contribution >= 4 is 12.2 Å². The van der Waals surface area contributed by atoms with E-state index in [1.165, 1.54) is 0 Å². The summed E-state index contributed by atoms with van der Waals surface area (Å²) in [5, 5.41) is 19.2. The molecule has 0 fully saturated rings. The van der Waals surface area contributed by atoms with Crippen LogP contribution in [0.2, 0.25) is 0 Å². The first-order valence-electron chi connectivity index (χ1n) is 6.37. The number of nitrogens with one attached hydrogen (secondary N) is 1. The minimum atomic E-state index is 0.362. The van der Waals surface area contributed by atoms with Gasteiger partial charge in [-0.05, 0) is 29.8 Å². The maximum Gasteiger partial charge on any atom is 0.163 e. The standard InChI is InChI=1S/C16H11N5/c17-11-15-16(20-21-19-15)13-5-3-4-12(10-13)7-8-14-6-1-2-9-18-14/h1-10H,(H,19,20,21)/b8-7+. The van der Waals surface area contributed by atoms with Crippen LogP contribution in [0.25, 0.3) is 23.4 Å². The Morgan fingerprint density at radius 3 is 2.86 bits per heavy atom. The van der Waals surface area contributed by atoms with Crippen molar-refractivity contribution in [1.82, 2.24) is 20.4 Å². The molecule has 2 aromatic heterocycles. The molecule has 5 heteroatoms. The second kappa shape index (κ2) is 5.80. The van der Waals surface area contributed by atoms with Crippen LogP contribution in [0.1, 0.15) is 17.0 Å². The lowest BCUT2D eigenvalue weighted by Crippen LogP contribution is -1.84. The number of benzene rings is 1. The lowest BCUT2D eigenvalue weighted by molar-refractivity contribution is 0.937. The fourth-order valence-corrected chi connectivity index (χ4v) is 1.95. The largest absolute Gasteiger partial charge is 0.257 e. The van der Waals surface area contributed by atoms with Gasteiger partial charge in [0.05, 0.1) is 5.69 Å². The Labute approximate surface area is 121 Å². The van der Waals surface area contributed by atoms with Crippen LogP contribution >= 0.6 is 0 Å². The van der Waals surface area contributed by atoms with E-state index in [1.807, 2.05) is 60.7 Å². The fourth-order valence-electron chi connectivity index (χ4n) is 1.95. The number of aromatic nitrogens is 4. The number of hydrogen-bond donors (Lipinski definition) is 1. The van der Waals surface area contributed by atoms with Crippen molar-refractivity contribution in [1.29, 1.82) is 5.26 Å². The minimum absolute atomic E-state index is 0.362. The van der Waals surface area contributed by atoms with Gasteiger partial charge < -0.3 is 0 Å². The zero-order chi connectivity index (χ0) is 14.5. The highest BCUT2D eigenvalue weighted by atomic mass is 15.3. The second-order valence-electron chi connectivity index (χ2n) is 4.36. The smallest absolute Gasteiger partial charge is 0.163 e. The number of nitrogens with zero attached hydrogens (tertiary/aromatic N) is 4. The summed E-state index contributed by atoms with van der Waals surface area (Å²) in [6, 6.07) is 15.6. The molecule has 0 unspecified atom stereocenters. The summed E-state index contributed by atoms with van der Waals surface area (Å²) in [6.07, 6.45) is 5.66. The lowest BCUT2D eigenvalue weighted by Gasteiger charge is -1.99. The van der Waals surface area contributed by atoms with Crippen molar-refractivity contribution in [3.8, 4) is 17.3 Å². The molecular weight excluding hydrogens is 262 g/mol. The van der Waals surface area contributed by atoms with Gasteiger partial charge in [-0.3, -0.25) is 4.98 Å². The summed E-state index contributed by atoms with van der Waals surface area (Å²) in [6.45, 7) is 0. The summed E-state index contributed by atoms with van der Waals surface area (Å²) in [5.41, 5.74) is 3.67. The van der Waals surface area contributed by atoms with Crippen LogP contribution in [0.4, 0.5) is 0 Å². The fraction of sp³-hybridized carbons (Fsp3) is 0. The predicted octanol–water partition coefficient (Wildman–Crippen LogP) is 2.91. The topological polar surface area (TPSA) is 78.2 Å². The van der Waals surface area contributed by atoms with E-state index >= 15 is 0 Å². The Kier molecular flexibility index (Phi) is 3.52. The quantitative estimate of drug-likeness (QED) is 0.795. The van der Waals surface area contributed by atoms with E-state index in [-0.39, 0.29) is 0 Å². The van der Waals surface area contributed by atoms with Gasteiger partial charge in [0.1, 0.15) is 11.8 Å². The summed E-state index contributed by atoms with van der Waals surface area (Å²) < 4.78 is 0. The van der Waals surface area contributed by atoms with Gasteiger partial charge in [0.2, 0.25) is 0 Å². The van der Waals surface area contributed by atoms with Gasteiger partial charge in [0.25, 0.3) is 0 Å². The van der Waals surface area contributed by atoms with Crippen molar-refractivity contribution in [2.45, 2.75) is 0 Å². The second-order valence-corrected chi connectivity index (χ2v) is 4.36. The van der Waals surface area contributed by atoms with Gasteiger partial charge in [-0.15, -0.1) is 5.10 Å². The molecule has 1 N–H and O–H groups in total. The van der Waals surface area contributed by atoms with E-state index in [0.29, 0.717) is 11.4 Å². The molecule has 0 saturated carbocycles. The summed E-state index contributed by atoms with van der Waals surface area (Å²) in [5.74, 6) is 0. The third-order valence-electron chi connectivity index (χ3n) is 2.95. The Morgan fingerprint density at radius 2 is 2.05 bits per heavy atom. The van der Waals surface area contributed by atoms with E-state index in [0.717, 1.165) is 16.8 Å². The summed E-state index contributed by atoms with van der Waals surface area (Å²) in [7, 11) is 0. The number of rotatable bonds is 3. The first-order valence-corrected chi connectivity index (χ1v) is 6.37. The summed E-state index contributed by atoms with van der Waals surface area (Å²) >= 11 is 0. The van der Waals surface area contributed by atoms with Crippen molar-refractivity contribution in [2.24, 2.45) is 0 Å². The van der Waals surface area contributed by atoms with Gasteiger partial charge in [-0.2, -0.15) is 5.26 Å². The molecule has 21 heavy (non-hydrogen) atoms. The van der Waals surface area contributed by atoms with Crippen LogP contribution in [0.5, 0.6) is 0 Å². The molecule has 2 heterocycles. The molecule has 5 nitrogen and oxygen atoms in total. The third kappa shape index (κ3) is 2.85. The SMILES string of the molecule is N#Cc1[nH]nnc1-c1cccc(/C=C/c2ccccn2)c1. The molecule has 100 valence electrons. The Bertz CT molecular complexity index is 812. The van der Waals surface area contributed by atoms with Gasteiger partial charge in [0, 0.05) is 11.8 Å². The zero-order valence-corrected chi connectivity index (χ0v) is 11.1. The number of pyridine rings is 1. The van der Waals surface area contributed by atoms with E-state index in [9.17, 15) is 0 Å². The maximum atomic E-state index is 9.01. The van der Waals surface area contributed by atoms with E-state index < -0.39 is 0 Å². The van der Waals surface area contributed by atoms with Crippen molar-refractivity contribution in [3.05, 3.63) is 65.6 Å². The number of nitriles is 1. The average Bonchev–Trinajstić information content (AvgIpc) is 3.03.